The summed E-state index contributed by atoms with van der Waals surface area (Å²) in [6, 6.07) is 1.92. The summed E-state index contributed by atoms with van der Waals surface area (Å²) in [6.07, 6.45) is 7.49. The molecule has 18 heavy (non-hydrogen) atoms. The predicted molar refractivity (Wildman–Crippen MR) is 74.8 cm³/mol. The Kier molecular flexibility index (Phi) is 3.34. The number of hydrogen-bond acceptors (Lipinski definition) is 2. The van der Waals surface area contributed by atoms with E-state index in [1.807, 2.05) is 10.5 Å². The normalized spacial score (nSPS) is 18.6. The van der Waals surface area contributed by atoms with Gasteiger partial charge in [0, 0.05) is 4.47 Å². The van der Waals surface area contributed by atoms with E-state index >= 15 is 0 Å². The molecule has 5 heteroatoms. The van der Waals surface area contributed by atoms with E-state index < -0.39 is 6.10 Å². The first kappa shape index (κ1) is 12.5. The zero-order valence-corrected chi connectivity index (χ0v) is 12.2. The number of rotatable bonds is 2. The van der Waals surface area contributed by atoms with Crippen molar-refractivity contribution >= 4 is 33.0 Å². The third kappa shape index (κ3) is 1.96. The van der Waals surface area contributed by atoms with Crippen molar-refractivity contribution < 1.29 is 5.11 Å². The van der Waals surface area contributed by atoms with E-state index in [9.17, 15) is 5.11 Å². The SMILES string of the molecule is OC(c1c(Cl)c(Br)cc2cncn12)C1CCCC1. The van der Waals surface area contributed by atoms with Crippen LogP contribution < -0.4 is 0 Å². The number of hydrogen-bond donors (Lipinski definition) is 1. The van der Waals surface area contributed by atoms with Crippen molar-refractivity contribution in [2.24, 2.45) is 5.92 Å². The fraction of sp³-hybridized carbons (Fsp3) is 0.462. The lowest BCUT2D eigenvalue weighted by Crippen LogP contribution is -2.13. The molecule has 1 atom stereocenters. The molecule has 0 radical (unpaired) electrons. The highest BCUT2D eigenvalue weighted by molar-refractivity contribution is 9.10. The molecule has 3 rings (SSSR count). The highest BCUT2D eigenvalue weighted by Crippen LogP contribution is 2.40. The maximum absolute atomic E-state index is 10.6. The largest absolute Gasteiger partial charge is 0.387 e. The number of pyridine rings is 1. The third-order valence-electron chi connectivity index (χ3n) is 3.76. The van der Waals surface area contributed by atoms with Gasteiger partial charge in [-0.3, -0.25) is 4.40 Å². The molecule has 1 aliphatic carbocycles. The Labute approximate surface area is 119 Å². The fourth-order valence-corrected chi connectivity index (χ4v) is 3.50. The summed E-state index contributed by atoms with van der Waals surface area (Å²) in [5, 5.41) is 11.2. The van der Waals surface area contributed by atoms with Crippen molar-refractivity contribution in [1.82, 2.24) is 9.38 Å². The van der Waals surface area contributed by atoms with E-state index in [0.717, 1.165) is 28.5 Å². The van der Waals surface area contributed by atoms with Gasteiger partial charge in [-0.1, -0.05) is 24.4 Å². The third-order valence-corrected chi connectivity index (χ3v) is 5.01. The van der Waals surface area contributed by atoms with Gasteiger partial charge in [0.05, 0.1) is 34.9 Å². The summed E-state index contributed by atoms with van der Waals surface area (Å²) in [5.74, 6) is 0.308. The lowest BCUT2D eigenvalue weighted by atomic mass is 9.97. The van der Waals surface area contributed by atoms with Gasteiger partial charge < -0.3 is 5.11 Å². The highest BCUT2D eigenvalue weighted by atomic mass is 79.9. The molecular formula is C13H14BrClN2O. The van der Waals surface area contributed by atoms with Crippen LogP contribution in [0.2, 0.25) is 5.02 Å². The van der Waals surface area contributed by atoms with E-state index in [1.165, 1.54) is 12.8 Å². The average molecular weight is 330 g/mol. The Morgan fingerprint density at radius 2 is 2.17 bits per heavy atom. The second-order valence-electron chi connectivity index (χ2n) is 4.87. The van der Waals surface area contributed by atoms with Crippen LogP contribution in [-0.2, 0) is 0 Å². The van der Waals surface area contributed by atoms with E-state index in [1.54, 1.807) is 12.5 Å². The molecular weight excluding hydrogens is 316 g/mol. The minimum absolute atomic E-state index is 0.308. The number of halogens is 2. The molecule has 2 heterocycles. The zero-order valence-electron chi connectivity index (χ0n) is 9.81. The summed E-state index contributed by atoms with van der Waals surface area (Å²) in [4.78, 5) is 4.13. The van der Waals surface area contributed by atoms with Gasteiger partial charge in [0.1, 0.15) is 0 Å². The summed E-state index contributed by atoms with van der Waals surface area (Å²) in [7, 11) is 0. The Balaban J connectivity index is 2.13. The fourth-order valence-electron chi connectivity index (χ4n) is 2.80. The maximum atomic E-state index is 10.6. The van der Waals surface area contributed by atoms with Crippen LogP contribution in [0.15, 0.2) is 23.1 Å². The molecule has 1 aliphatic rings. The quantitative estimate of drug-likeness (QED) is 0.905. The van der Waals surface area contributed by atoms with E-state index in [2.05, 4.69) is 20.9 Å². The number of imidazole rings is 1. The molecule has 0 amide bonds. The molecule has 1 fully saturated rings. The van der Waals surface area contributed by atoms with Crippen LogP contribution in [0.25, 0.3) is 5.52 Å². The minimum atomic E-state index is -0.519. The molecule has 0 aliphatic heterocycles. The highest BCUT2D eigenvalue weighted by Gasteiger charge is 2.28. The molecule has 1 N–H and O–H groups in total. The number of aliphatic hydroxyl groups excluding tert-OH is 1. The maximum Gasteiger partial charge on any atom is 0.0995 e. The van der Waals surface area contributed by atoms with Crippen LogP contribution in [0.4, 0.5) is 0 Å². The van der Waals surface area contributed by atoms with Gasteiger partial charge in [0.2, 0.25) is 0 Å². The van der Waals surface area contributed by atoms with Crippen LogP contribution in [0.5, 0.6) is 0 Å². The summed E-state index contributed by atoms with van der Waals surface area (Å²) in [6.45, 7) is 0. The van der Waals surface area contributed by atoms with Crippen LogP contribution in [-0.4, -0.2) is 14.5 Å². The van der Waals surface area contributed by atoms with Gasteiger partial charge in [-0.25, -0.2) is 4.98 Å². The second-order valence-corrected chi connectivity index (χ2v) is 6.10. The second kappa shape index (κ2) is 4.83. The lowest BCUT2D eigenvalue weighted by Gasteiger charge is -2.21. The standard InChI is InChI=1S/C13H14BrClN2O/c14-10-5-9-6-16-7-17(9)12(11(10)15)13(18)8-3-1-2-4-8/h5-8,13,18H,1-4H2. The first-order valence-electron chi connectivity index (χ1n) is 6.16. The molecule has 1 saturated carbocycles. The molecule has 3 nitrogen and oxygen atoms in total. The van der Waals surface area contributed by atoms with Crippen LogP contribution in [0, 0.1) is 5.92 Å². The Morgan fingerprint density at radius 1 is 1.44 bits per heavy atom. The lowest BCUT2D eigenvalue weighted by molar-refractivity contribution is 0.106. The van der Waals surface area contributed by atoms with Gasteiger partial charge >= 0.3 is 0 Å². The molecule has 2 aromatic heterocycles. The van der Waals surface area contributed by atoms with Crippen molar-refractivity contribution in [2.45, 2.75) is 31.8 Å². The number of aromatic nitrogens is 2. The average Bonchev–Trinajstić information content (AvgIpc) is 2.99. The molecule has 0 saturated heterocycles. The number of aliphatic hydroxyl groups is 1. The summed E-state index contributed by atoms with van der Waals surface area (Å²) >= 11 is 9.79. The van der Waals surface area contributed by atoms with Crippen molar-refractivity contribution in [3.8, 4) is 0 Å². The summed E-state index contributed by atoms with van der Waals surface area (Å²) < 4.78 is 2.69. The van der Waals surface area contributed by atoms with E-state index in [4.69, 9.17) is 11.6 Å². The molecule has 2 aromatic rings. The van der Waals surface area contributed by atoms with Crippen LogP contribution >= 0.6 is 27.5 Å². The van der Waals surface area contributed by atoms with Crippen molar-refractivity contribution in [1.29, 1.82) is 0 Å². The minimum Gasteiger partial charge on any atom is -0.387 e. The van der Waals surface area contributed by atoms with E-state index in [0.29, 0.717) is 10.9 Å². The molecule has 1 unspecified atom stereocenters. The van der Waals surface area contributed by atoms with Gasteiger partial charge in [0.25, 0.3) is 0 Å². The summed E-state index contributed by atoms with van der Waals surface area (Å²) in [5.41, 5.74) is 1.70. The molecule has 0 spiro atoms. The van der Waals surface area contributed by atoms with E-state index in [-0.39, 0.29) is 0 Å². The topological polar surface area (TPSA) is 37.5 Å². The zero-order chi connectivity index (χ0) is 12.7. The van der Waals surface area contributed by atoms with Gasteiger partial charge in [-0.15, -0.1) is 0 Å². The van der Waals surface area contributed by atoms with Gasteiger partial charge in [-0.2, -0.15) is 0 Å². The monoisotopic (exact) mass is 328 g/mol. The molecule has 0 bridgehead atoms. The molecule has 0 aromatic carbocycles. The van der Waals surface area contributed by atoms with Gasteiger partial charge in [0.15, 0.2) is 0 Å². The Hall–Kier alpha value is -0.580. The number of fused-ring (bicyclic) bond motifs is 1. The molecule has 96 valence electrons. The van der Waals surface area contributed by atoms with Crippen LogP contribution in [0.1, 0.15) is 37.5 Å². The number of nitrogens with zero attached hydrogens (tertiary/aromatic N) is 2. The Morgan fingerprint density at radius 3 is 2.89 bits per heavy atom. The van der Waals surface area contributed by atoms with Gasteiger partial charge in [-0.05, 0) is 40.8 Å². The Bertz CT molecular complexity index is 578. The van der Waals surface area contributed by atoms with Crippen molar-refractivity contribution in [2.75, 3.05) is 0 Å². The predicted octanol–water partition coefficient (Wildman–Crippen LogP) is 3.97. The smallest absolute Gasteiger partial charge is 0.0995 e. The van der Waals surface area contributed by atoms with Crippen molar-refractivity contribution in [3.05, 3.63) is 33.8 Å². The first-order chi connectivity index (χ1) is 8.68. The first-order valence-corrected chi connectivity index (χ1v) is 7.33. The van der Waals surface area contributed by atoms with Crippen LogP contribution in [0.3, 0.4) is 0 Å². The van der Waals surface area contributed by atoms with Crippen molar-refractivity contribution in [3.63, 3.8) is 0 Å².